The van der Waals surface area contributed by atoms with E-state index in [1.54, 1.807) is 11.3 Å². The van der Waals surface area contributed by atoms with Crippen LogP contribution in [0.2, 0.25) is 0 Å². The van der Waals surface area contributed by atoms with E-state index in [9.17, 15) is 31.1 Å². The molecular weight excluding hydrogens is 560 g/mol. The lowest BCUT2D eigenvalue weighted by Gasteiger charge is -2.37. The van der Waals surface area contributed by atoms with E-state index in [0.717, 1.165) is 56.1 Å². The van der Waals surface area contributed by atoms with Crippen LogP contribution in [0.4, 0.5) is 26.3 Å². The maximum absolute atomic E-state index is 13.0. The van der Waals surface area contributed by atoms with Crippen LogP contribution in [0.1, 0.15) is 35.5 Å². The van der Waals surface area contributed by atoms with Crippen LogP contribution in [0.25, 0.3) is 0 Å². The Bertz CT molecular complexity index is 1120. The molecule has 39 heavy (non-hydrogen) atoms. The van der Waals surface area contributed by atoms with Gasteiger partial charge in [-0.25, -0.2) is 14.6 Å². The fourth-order valence-electron chi connectivity index (χ4n) is 4.13. The normalized spacial score (nSPS) is 17.3. The van der Waals surface area contributed by atoms with E-state index in [1.165, 1.54) is 5.56 Å². The maximum Gasteiger partial charge on any atom is 0.490 e. The van der Waals surface area contributed by atoms with E-state index in [1.807, 2.05) is 29.7 Å². The van der Waals surface area contributed by atoms with E-state index < -0.39 is 24.3 Å². The summed E-state index contributed by atoms with van der Waals surface area (Å²) in [6.07, 6.45) is -3.22. The molecule has 2 aromatic rings. The van der Waals surface area contributed by atoms with Crippen molar-refractivity contribution in [2.75, 3.05) is 19.6 Å². The van der Waals surface area contributed by atoms with Crippen LogP contribution in [0, 0.1) is 12.3 Å². The molecule has 0 aliphatic carbocycles. The Morgan fingerprint density at radius 2 is 1.51 bits per heavy atom. The van der Waals surface area contributed by atoms with Crippen molar-refractivity contribution in [3.8, 4) is 0 Å². The van der Waals surface area contributed by atoms with Gasteiger partial charge in [-0.2, -0.15) is 31.4 Å². The smallest absolute Gasteiger partial charge is 0.475 e. The number of carboxylic acid groups (broad SMARTS) is 2. The summed E-state index contributed by atoms with van der Waals surface area (Å²) in [5, 5.41) is 21.6. The highest BCUT2D eigenvalue weighted by Gasteiger charge is 2.48. The van der Waals surface area contributed by atoms with E-state index in [-0.39, 0.29) is 5.41 Å². The fourth-order valence-corrected chi connectivity index (χ4v) is 4.74. The molecule has 1 spiro atoms. The molecule has 0 aromatic carbocycles. The Balaban J connectivity index is 0.000000317. The number of aryl methyl sites for hydroxylation is 2. The predicted molar refractivity (Wildman–Crippen MR) is 124 cm³/mol. The van der Waals surface area contributed by atoms with Gasteiger partial charge in [0, 0.05) is 37.3 Å². The summed E-state index contributed by atoms with van der Waals surface area (Å²) in [6.45, 7) is 6.47. The van der Waals surface area contributed by atoms with Gasteiger partial charge >= 0.3 is 24.3 Å². The lowest BCUT2D eigenvalue weighted by atomic mass is 9.77. The number of hydrogen-bond donors (Lipinski definition) is 2. The largest absolute Gasteiger partial charge is 0.490 e. The monoisotopic (exact) mass is 587 g/mol. The Morgan fingerprint density at radius 3 is 1.92 bits per heavy atom. The van der Waals surface area contributed by atoms with Crippen LogP contribution >= 0.6 is 11.3 Å². The number of thiazole rings is 1. The van der Waals surface area contributed by atoms with Gasteiger partial charge in [0.05, 0.1) is 28.9 Å². The first kappa shape index (κ1) is 32.0. The molecule has 1 amide bonds. The lowest BCUT2D eigenvalue weighted by Crippen LogP contribution is -2.44. The highest BCUT2D eigenvalue weighted by Crippen LogP contribution is 2.42. The summed E-state index contributed by atoms with van der Waals surface area (Å²) in [5.74, 6) is -5.17. The Kier molecular flexibility index (Phi) is 10.5. The molecule has 0 radical (unpaired) electrons. The number of aromatic nitrogens is 3. The zero-order chi connectivity index (χ0) is 29.6. The first-order valence-electron chi connectivity index (χ1n) is 11.4. The number of rotatable bonds is 4. The average molecular weight is 588 g/mol. The van der Waals surface area contributed by atoms with Gasteiger partial charge in [0.2, 0.25) is 5.91 Å². The highest BCUT2D eigenvalue weighted by molar-refractivity contribution is 7.09. The van der Waals surface area contributed by atoms with Gasteiger partial charge in [-0.15, -0.1) is 11.3 Å². The van der Waals surface area contributed by atoms with Crippen LogP contribution in [-0.2, 0) is 34.5 Å². The first-order chi connectivity index (χ1) is 17.9. The summed E-state index contributed by atoms with van der Waals surface area (Å²) in [7, 11) is 1.95. The van der Waals surface area contributed by atoms with Gasteiger partial charge in [-0.3, -0.25) is 14.4 Å². The molecule has 2 saturated heterocycles. The third-order valence-electron chi connectivity index (χ3n) is 6.08. The number of piperidine rings is 1. The second kappa shape index (κ2) is 12.8. The Morgan fingerprint density at radius 1 is 1.00 bits per heavy atom. The number of hydrogen-bond acceptors (Lipinski definition) is 7. The minimum Gasteiger partial charge on any atom is -0.475 e. The number of alkyl halides is 6. The molecule has 2 fully saturated rings. The summed E-state index contributed by atoms with van der Waals surface area (Å²) in [4.78, 5) is 39.8. The van der Waals surface area contributed by atoms with Crippen molar-refractivity contribution >= 4 is 29.2 Å². The number of carbonyl (C=O) groups excluding carboxylic acids is 1. The van der Waals surface area contributed by atoms with Crippen molar-refractivity contribution < 1.29 is 50.9 Å². The van der Waals surface area contributed by atoms with E-state index in [4.69, 9.17) is 19.8 Å². The second-order valence-corrected chi connectivity index (χ2v) is 10.1. The standard InChI is InChI=1S/C18H25N5OS.2C2HF3O2/c1-14-20-16(13-25-14)12-23-8-5-18(17(23)24)3-6-22(7-4-18)11-15-9-19-21(2)10-15;2*3-2(4,5)1(6)7/h9-10,13H,3-8,11-12H2,1-2H3;2*(H,6,7). The molecule has 2 aromatic heterocycles. The van der Waals surface area contributed by atoms with Gasteiger partial charge in [-0.05, 0) is 39.3 Å². The molecule has 10 nitrogen and oxygen atoms in total. The lowest BCUT2D eigenvalue weighted by molar-refractivity contribution is -0.193. The summed E-state index contributed by atoms with van der Waals surface area (Å²) in [5.41, 5.74) is 2.15. The van der Waals surface area contributed by atoms with Gasteiger partial charge in [0.1, 0.15) is 0 Å². The van der Waals surface area contributed by atoms with Crippen LogP contribution < -0.4 is 0 Å². The molecule has 218 valence electrons. The first-order valence-corrected chi connectivity index (χ1v) is 12.3. The number of likely N-dealkylation sites (tertiary alicyclic amines) is 2. The van der Waals surface area contributed by atoms with E-state index >= 15 is 0 Å². The zero-order valence-electron chi connectivity index (χ0n) is 20.9. The van der Waals surface area contributed by atoms with Crippen LogP contribution in [0.15, 0.2) is 17.8 Å². The molecule has 0 saturated carbocycles. The number of amides is 1. The molecule has 17 heteroatoms. The average Bonchev–Trinajstić information content (AvgIpc) is 3.51. The van der Waals surface area contributed by atoms with Crippen molar-refractivity contribution in [2.45, 2.75) is 51.6 Å². The quantitative estimate of drug-likeness (QED) is 0.521. The molecule has 0 unspecified atom stereocenters. The van der Waals surface area contributed by atoms with Gasteiger partial charge in [-0.1, -0.05) is 0 Å². The van der Waals surface area contributed by atoms with Crippen LogP contribution in [0.5, 0.6) is 0 Å². The van der Waals surface area contributed by atoms with Crippen molar-refractivity contribution in [2.24, 2.45) is 12.5 Å². The Labute approximate surface area is 222 Å². The zero-order valence-corrected chi connectivity index (χ0v) is 21.7. The minimum absolute atomic E-state index is 0.128. The summed E-state index contributed by atoms with van der Waals surface area (Å²) in [6, 6.07) is 0. The maximum atomic E-state index is 13.0. The van der Waals surface area contributed by atoms with Crippen molar-refractivity contribution in [1.29, 1.82) is 0 Å². The molecule has 2 aliphatic rings. The number of carboxylic acids is 2. The predicted octanol–water partition coefficient (Wildman–Crippen LogP) is 3.47. The van der Waals surface area contributed by atoms with E-state index in [2.05, 4.69) is 26.6 Å². The molecular formula is C22H27F6N5O5S. The molecule has 2 aliphatic heterocycles. The minimum atomic E-state index is -5.08. The fraction of sp³-hybridized carbons (Fsp3) is 0.591. The van der Waals surface area contributed by atoms with Crippen LogP contribution in [-0.4, -0.2) is 84.6 Å². The third kappa shape index (κ3) is 9.49. The summed E-state index contributed by atoms with van der Waals surface area (Å²) >= 11 is 1.66. The van der Waals surface area contributed by atoms with Gasteiger partial charge in [0.15, 0.2) is 0 Å². The van der Waals surface area contributed by atoms with Gasteiger partial charge in [0.25, 0.3) is 0 Å². The molecule has 0 atom stereocenters. The number of aliphatic carboxylic acids is 2. The van der Waals surface area contributed by atoms with Crippen molar-refractivity contribution in [3.63, 3.8) is 0 Å². The third-order valence-corrected chi connectivity index (χ3v) is 6.91. The van der Waals surface area contributed by atoms with Crippen molar-refractivity contribution in [1.82, 2.24) is 24.6 Å². The SMILES string of the molecule is Cc1nc(CN2CCC3(CCN(Cc4cnn(C)c4)CC3)C2=O)cs1.O=C(O)C(F)(F)F.O=C(O)C(F)(F)F. The topological polar surface area (TPSA) is 129 Å². The molecule has 4 rings (SSSR count). The Hall–Kier alpha value is -3.21. The molecule has 2 N–H and O–H groups in total. The molecule has 0 bridgehead atoms. The number of halogens is 6. The summed E-state index contributed by atoms with van der Waals surface area (Å²) < 4.78 is 65.3. The van der Waals surface area contributed by atoms with Crippen LogP contribution in [0.3, 0.4) is 0 Å². The molecule has 4 heterocycles. The number of nitrogens with zero attached hydrogens (tertiary/aromatic N) is 5. The van der Waals surface area contributed by atoms with E-state index in [0.29, 0.717) is 12.5 Å². The number of carbonyl (C=O) groups is 3. The van der Waals surface area contributed by atoms with Crippen molar-refractivity contribution in [3.05, 3.63) is 34.0 Å². The second-order valence-electron chi connectivity index (χ2n) is 9.02. The highest BCUT2D eigenvalue weighted by atomic mass is 32.1. The van der Waals surface area contributed by atoms with Gasteiger partial charge < -0.3 is 15.1 Å².